The van der Waals surface area contributed by atoms with Crippen molar-refractivity contribution in [1.29, 1.82) is 0 Å². The molecule has 6 nitrogen and oxygen atoms in total. The van der Waals surface area contributed by atoms with Gasteiger partial charge in [0.1, 0.15) is 0 Å². The van der Waals surface area contributed by atoms with Crippen molar-refractivity contribution in [2.45, 2.75) is 206 Å². The minimum absolute atomic E-state index is 0.00150. The minimum Gasteiger partial charge on any atom is -0.466 e. The first-order chi connectivity index (χ1) is 30.6. The van der Waals surface area contributed by atoms with Crippen LogP contribution < -0.4 is 4.90 Å². The number of piperidine rings is 2. The third-order valence-electron chi connectivity index (χ3n) is 12.9. The maximum absolute atomic E-state index is 12.2. The monoisotopic (exact) mass is 902 g/mol. The van der Waals surface area contributed by atoms with Crippen LogP contribution in [-0.4, -0.2) is 80.8 Å². The number of esters is 2. The summed E-state index contributed by atoms with van der Waals surface area (Å²) in [6.45, 7) is 13.1. The second kappa shape index (κ2) is 43.4. The molecule has 8 heteroatoms. The maximum atomic E-state index is 12.2. The molecule has 0 amide bonds. The number of ether oxygens (including phenoxy) is 2. The van der Waals surface area contributed by atoms with E-state index in [0.717, 1.165) is 57.3 Å². The van der Waals surface area contributed by atoms with E-state index in [0.29, 0.717) is 32.0 Å². The third kappa shape index (κ3) is 35.8. The molecule has 0 saturated carbocycles. The van der Waals surface area contributed by atoms with E-state index >= 15 is 0 Å². The maximum Gasteiger partial charge on any atom is 0.305 e. The Labute approximate surface area is 391 Å². The summed E-state index contributed by atoms with van der Waals surface area (Å²) in [5, 5.41) is 0. The van der Waals surface area contributed by atoms with Crippen molar-refractivity contribution >= 4 is 33.5 Å². The molecule has 0 atom stereocenters. The summed E-state index contributed by atoms with van der Waals surface area (Å²) < 4.78 is 11.2. The molecule has 0 aromatic heterocycles. The minimum atomic E-state index is 0.00150. The van der Waals surface area contributed by atoms with Crippen LogP contribution in [0.2, 0.25) is 0 Å². The van der Waals surface area contributed by atoms with Gasteiger partial charge in [-0.1, -0.05) is 148 Å². The molecule has 0 bridgehead atoms. The number of nitrogens with zero attached hydrogens (tertiary/aromatic N) is 1. The molecule has 1 N–H and O–H groups in total. The lowest BCUT2D eigenvalue weighted by Gasteiger charge is -2.31. The lowest BCUT2D eigenvalue weighted by Crippen LogP contribution is -3.13. The predicted octanol–water partition coefficient (Wildman–Crippen LogP) is 13.9. The molecule has 0 radical (unpaired) electrons. The Hall–Kier alpha value is -1.48. The van der Waals surface area contributed by atoms with Gasteiger partial charge in [0, 0.05) is 25.1 Å². The number of rotatable bonds is 41. The topological polar surface area (TPSA) is 60.3 Å². The number of allylic oxidation sites excluding steroid dienone is 8. The van der Waals surface area contributed by atoms with Gasteiger partial charge in [0.25, 0.3) is 0 Å². The predicted molar refractivity (Wildman–Crippen MR) is 272 cm³/mol. The molecule has 0 aliphatic carbocycles. The highest BCUT2D eigenvalue weighted by Crippen LogP contribution is 2.24. The average molecular weight is 903 g/mol. The van der Waals surface area contributed by atoms with Crippen LogP contribution in [0.4, 0.5) is 0 Å². The quantitative estimate of drug-likeness (QED) is 0.0284. The Balaban J connectivity index is 1.30. The van der Waals surface area contributed by atoms with E-state index in [2.05, 4.69) is 78.1 Å². The molecule has 62 heavy (non-hydrogen) atoms. The van der Waals surface area contributed by atoms with Crippen molar-refractivity contribution in [2.75, 3.05) is 64.0 Å². The molecule has 0 aromatic carbocycles. The van der Waals surface area contributed by atoms with Gasteiger partial charge in [-0.2, -0.15) is 0 Å². The highest BCUT2D eigenvalue weighted by Gasteiger charge is 2.22. The Morgan fingerprint density at radius 1 is 0.532 bits per heavy atom. The molecule has 0 spiro atoms. The van der Waals surface area contributed by atoms with Crippen LogP contribution in [0.5, 0.6) is 0 Å². The number of carbonyl (C=O) groups is 2. The van der Waals surface area contributed by atoms with Crippen molar-refractivity contribution < 1.29 is 24.0 Å². The van der Waals surface area contributed by atoms with E-state index < -0.39 is 0 Å². The largest absolute Gasteiger partial charge is 0.466 e. The Bertz CT molecular complexity index is 1060. The number of nitrogens with one attached hydrogen (secondary N) is 1. The smallest absolute Gasteiger partial charge is 0.305 e. The zero-order chi connectivity index (χ0) is 44.2. The SMILES string of the molecule is CCCCC/C=C\C/C=C\CCCCCCCC(=O)OCCC1CCN(CCSSCC[NH+]2CCC(CCOC(=O)CCCCCCC/C=C\C/C=C\CCCCC)CC2)CC1. The second-order valence-corrected chi connectivity index (χ2v) is 21.1. The number of quaternary nitrogens is 1. The molecular formula is C54H97N2O4S2+. The lowest BCUT2D eigenvalue weighted by atomic mass is 9.94. The standard InChI is InChI=1S/C54H96N2O4S2/c1-3-5-7-9-11-13-15-17-19-21-23-25-27-29-31-33-53(57)59-47-39-51-35-41-55(42-36-51)45-49-61-62-50-46-56-43-37-52(38-44-56)40-48-60-54(58)34-32-30-28-26-24-22-20-18-16-14-12-10-8-6-4-2/h11-14,17-20,51-52H,3-10,15-16,21-50H2,1-2H3/p+1/b13-11-,14-12-,19-17-,20-18-. The highest BCUT2D eigenvalue weighted by atomic mass is 33.1. The summed E-state index contributed by atoms with van der Waals surface area (Å²) in [7, 11) is 4.10. The Kier molecular flexibility index (Phi) is 39.7. The summed E-state index contributed by atoms with van der Waals surface area (Å²) in [6.07, 6.45) is 53.2. The van der Waals surface area contributed by atoms with Gasteiger partial charge in [-0.05, 0) is 141 Å². The van der Waals surface area contributed by atoms with E-state index in [1.807, 2.05) is 10.8 Å². The van der Waals surface area contributed by atoms with E-state index in [4.69, 9.17) is 9.47 Å². The summed E-state index contributed by atoms with van der Waals surface area (Å²) in [4.78, 5) is 28.9. The van der Waals surface area contributed by atoms with E-state index in [-0.39, 0.29) is 11.9 Å². The Morgan fingerprint density at radius 2 is 0.952 bits per heavy atom. The summed E-state index contributed by atoms with van der Waals surface area (Å²) in [6, 6.07) is 0. The first-order valence-corrected chi connectivity index (χ1v) is 28.8. The van der Waals surface area contributed by atoms with Gasteiger partial charge in [0.15, 0.2) is 0 Å². The van der Waals surface area contributed by atoms with E-state index in [9.17, 15) is 9.59 Å². The molecule has 2 rings (SSSR count). The fourth-order valence-corrected chi connectivity index (χ4v) is 10.7. The van der Waals surface area contributed by atoms with E-state index in [1.54, 1.807) is 4.90 Å². The first-order valence-electron chi connectivity index (χ1n) is 26.3. The second-order valence-electron chi connectivity index (χ2n) is 18.4. The van der Waals surface area contributed by atoms with Gasteiger partial charge >= 0.3 is 11.9 Å². The van der Waals surface area contributed by atoms with Crippen molar-refractivity contribution in [3.63, 3.8) is 0 Å². The molecule has 2 saturated heterocycles. The summed E-state index contributed by atoms with van der Waals surface area (Å²) >= 11 is 0. The highest BCUT2D eigenvalue weighted by molar-refractivity contribution is 8.76. The Morgan fingerprint density at radius 3 is 1.44 bits per heavy atom. The fraction of sp³-hybridized carbons (Fsp3) is 0.815. The number of hydrogen-bond acceptors (Lipinski definition) is 7. The molecule has 2 fully saturated rings. The van der Waals surface area contributed by atoms with Crippen molar-refractivity contribution in [3.8, 4) is 0 Å². The molecule has 358 valence electrons. The fourth-order valence-electron chi connectivity index (χ4n) is 8.58. The van der Waals surface area contributed by atoms with Crippen LogP contribution in [0, 0.1) is 11.8 Å². The average Bonchev–Trinajstić information content (AvgIpc) is 3.28. The van der Waals surface area contributed by atoms with Crippen molar-refractivity contribution in [3.05, 3.63) is 48.6 Å². The van der Waals surface area contributed by atoms with Crippen molar-refractivity contribution in [2.24, 2.45) is 11.8 Å². The van der Waals surface area contributed by atoms with Crippen LogP contribution in [-0.2, 0) is 19.1 Å². The molecule has 0 aromatic rings. The van der Waals surface area contributed by atoms with Crippen LogP contribution in [0.3, 0.4) is 0 Å². The van der Waals surface area contributed by atoms with Gasteiger partial charge in [0.05, 0.1) is 38.6 Å². The van der Waals surface area contributed by atoms with Crippen LogP contribution in [0.25, 0.3) is 0 Å². The van der Waals surface area contributed by atoms with E-state index in [1.165, 1.54) is 179 Å². The van der Waals surface area contributed by atoms with Gasteiger partial charge in [-0.3, -0.25) is 9.59 Å². The number of hydrogen-bond donors (Lipinski definition) is 1. The first kappa shape index (κ1) is 56.6. The molecule has 2 aliphatic rings. The summed E-state index contributed by atoms with van der Waals surface area (Å²) in [5.41, 5.74) is 0. The van der Waals surface area contributed by atoms with Crippen LogP contribution in [0.1, 0.15) is 206 Å². The zero-order valence-corrected chi connectivity index (χ0v) is 42.1. The van der Waals surface area contributed by atoms with Gasteiger partial charge in [-0.25, -0.2) is 0 Å². The van der Waals surface area contributed by atoms with Gasteiger partial charge in [0.2, 0.25) is 0 Å². The number of unbranched alkanes of at least 4 members (excludes halogenated alkanes) is 16. The summed E-state index contributed by atoms with van der Waals surface area (Å²) in [5.74, 6) is 3.85. The normalized spacial score (nSPS) is 18.0. The number of carbonyl (C=O) groups excluding carboxylic acids is 2. The number of likely N-dealkylation sites (tertiary alicyclic amines) is 2. The van der Waals surface area contributed by atoms with Crippen molar-refractivity contribution in [1.82, 2.24) is 4.90 Å². The molecular weight excluding hydrogens is 805 g/mol. The van der Waals surface area contributed by atoms with Gasteiger partial charge in [-0.15, -0.1) is 0 Å². The lowest BCUT2D eigenvalue weighted by molar-refractivity contribution is -0.903. The third-order valence-corrected chi connectivity index (χ3v) is 15.3. The molecule has 2 aliphatic heterocycles. The zero-order valence-electron chi connectivity index (χ0n) is 40.5. The molecule has 2 heterocycles. The van der Waals surface area contributed by atoms with Gasteiger partial charge < -0.3 is 19.3 Å². The van der Waals surface area contributed by atoms with Crippen LogP contribution >= 0.6 is 21.6 Å². The van der Waals surface area contributed by atoms with Crippen LogP contribution in [0.15, 0.2) is 48.6 Å². The molecule has 0 unspecified atom stereocenters.